The molecule has 1 saturated carbocycles. The summed E-state index contributed by atoms with van der Waals surface area (Å²) in [5, 5.41) is 10.3. The highest BCUT2D eigenvalue weighted by Crippen LogP contribution is 2.31. The Balaban J connectivity index is 2.70. The van der Waals surface area contributed by atoms with Crippen molar-refractivity contribution in [1.29, 1.82) is 0 Å². The third kappa shape index (κ3) is 2.69. The van der Waals surface area contributed by atoms with Crippen LogP contribution in [0.15, 0.2) is 0 Å². The smallest absolute Gasteiger partial charge is 0.340 e. The molecule has 15 heavy (non-hydrogen) atoms. The van der Waals surface area contributed by atoms with Crippen molar-refractivity contribution in [1.82, 2.24) is 0 Å². The molecule has 0 spiro atoms. The van der Waals surface area contributed by atoms with Crippen LogP contribution in [0.5, 0.6) is 0 Å². The van der Waals surface area contributed by atoms with Gasteiger partial charge in [0.25, 0.3) is 0 Å². The predicted octanol–water partition coefficient (Wildman–Crippen LogP) is 1.26. The first-order valence-corrected chi connectivity index (χ1v) is 5.66. The third-order valence-corrected chi connectivity index (χ3v) is 2.80. The zero-order valence-corrected chi connectivity index (χ0v) is 9.49. The van der Waals surface area contributed by atoms with Crippen LogP contribution in [0.3, 0.4) is 0 Å². The fourth-order valence-electron chi connectivity index (χ4n) is 2.04. The topological polar surface area (TPSA) is 55.8 Å². The van der Waals surface area contributed by atoms with E-state index in [1.807, 2.05) is 6.92 Å². The molecule has 0 bridgehead atoms. The van der Waals surface area contributed by atoms with Crippen LogP contribution in [0, 0.1) is 0 Å². The van der Waals surface area contributed by atoms with Crippen molar-refractivity contribution in [3.05, 3.63) is 0 Å². The predicted molar refractivity (Wildman–Crippen MR) is 55.5 cm³/mol. The summed E-state index contributed by atoms with van der Waals surface area (Å²) in [5.41, 5.74) is -1.43. The van der Waals surface area contributed by atoms with E-state index in [0.29, 0.717) is 19.6 Å². The largest absolute Gasteiger partial charge is 0.464 e. The zero-order chi connectivity index (χ0) is 11.3. The Labute approximate surface area is 90.6 Å². The van der Waals surface area contributed by atoms with Gasteiger partial charge in [0.05, 0.1) is 12.7 Å². The molecule has 2 atom stereocenters. The van der Waals surface area contributed by atoms with E-state index in [1.165, 1.54) is 0 Å². The maximum absolute atomic E-state index is 11.7. The number of hydrogen-bond donors (Lipinski definition) is 1. The number of hydrogen-bond acceptors (Lipinski definition) is 4. The van der Waals surface area contributed by atoms with Gasteiger partial charge in [-0.3, -0.25) is 0 Å². The lowest BCUT2D eigenvalue weighted by Crippen LogP contribution is -2.53. The van der Waals surface area contributed by atoms with Gasteiger partial charge in [-0.1, -0.05) is 6.42 Å². The van der Waals surface area contributed by atoms with Gasteiger partial charge >= 0.3 is 5.97 Å². The van der Waals surface area contributed by atoms with Gasteiger partial charge in [0.2, 0.25) is 0 Å². The molecule has 0 aliphatic heterocycles. The SMILES string of the molecule is CCOC(=O)C1(O)CCCCC1OCC. The van der Waals surface area contributed by atoms with E-state index in [9.17, 15) is 9.90 Å². The van der Waals surface area contributed by atoms with Crippen LogP contribution in [0.25, 0.3) is 0 Å². The highest BCUT2D eigenvalue weighted by Gasteiger charge is 2.47. The molecule has 4 heteroatoms. The van der Waals surface area contributed by atoms with E-state index < -0.39 is 17.7 Å². The molecule has 1 aliphatic carbocycles. The van der Waals surface area contributed by atoms with Crippen LogP contribution in [-0.4, -0.2) is 36.0 Å². The van der Waals surface area contributed by atoms with Crippen LogP contribution >= 0.6 is 0 Å². The minimum atomic E-state index is -1.43. The second-order valence-corrected chi connectivity index (χ2v) is 3.83. The summed E-state index contributed by atoms with van der Waals surface area (Å²) in [6.45, 7) is 4.40. The van der Waals surface area contributed by atoms with Gasteiger partial charge in [-0.25, -0.2) is 4.79 Å². The normalized spacial score (nSPS) is 31.3. The number of aliphatic hydroxyl groups is 1. The third-order valence-electron chi connectivity index (χ3n) is 2.80. The molecule has 1 aliphatic rings. The molecule has 4 nitrogen and oxygen atoms in total. The Hall–Kier alpha value is -0.610. The van der Waals surface area contributed by atoms with Crippen molar-refractivity contribution in [3.63, 3.8) is 0 Å². The molecule has 0 radical (unpaired) electrons. The van der Waals surface area contributed by atoms with Crippen molar-refractivity contribution in [2.24, 2.45) is 0 Å². The van der Waals surface area contributed by atoms with Crippen molar-refractivity contribution in [3.8, 4) is 0 Å². The van der Waals surface area contributed by atoms with Crippen molar-refractivity contribution >= 4 is 5.97 Å². The summed E-state index contributed by atoms with van der Waals surface area (Å²) in [6, 6.07) is 0. The molecule has 0 heterocycles. The molecule has 0 aromatic carbocycles. The molecule has 1 fully saturated rings. The Kier molecular flexibility index (Phi) is 4.54. The van der Waals surface area contributed by atoms with E-state index >= 15 is 0 Å². The Morgan fingerprint density at radius 3 is 2.73 bits per heavy atom. The summed E-state index contributed by atoms with van der Waals surface area (Å²) >= 11 is 0. The quantitative estimate of drug-likeness (QED) is 0.719. The summed E-state index contributed by atoms with van der Waals surface area (Å²) < 4.78 is 10.3. The van der Waals surface area contributed by atoms with Crippen LogP contribution in [0.4, 0.5) is 0 Å². The molecule has 2 unspecified atom stereocenters. The molecule has 0 saturated heterocycles. The van der Waals surface area contributed by atoms with Crippen LogP contribution < -0.4 is 0 Å². The van der Waals surface area contributed by atoms with Crippen LogP contribution in [0.2, 0.25) is 0 Å². The molecule has 1 N–H and O–H groups in total. The minimum Gasteiger partial charge on any atom is -0.464 e. The van der Waals surface area contributed by atoms with E-state index in [2.05, 4.69) is 0 Å². The fraction of sp³-hybridized carbons (Fsp3) is 0.909. The lowest BCUT2D eigenvalue weighted by atomic mass is 9.82. The standard InChI is InChI=1S/C11H20O4/c1-3-14-9-7-5-6-8-11(9,13)10(12)15-4-2/h9,13H,3-8H2,1-2H3. The van der Waals surface area contributed by atoms with Gasteiger partial charge in [0.15, 0.2) is 5.60 Å². The Morgan fingerprint density at radius 2 is 2.13 bits per heavy atom. The first-order chi connectivity index (χ1) is 7.15. The monoisotopic (exact) mass is 216 g/mol. The maximum Gasteiger partial charge on any atom is 0.340 e. The average Bonchev–Trinajstić information content (AvgIpc) is 2.22. The average molecular weight is 216 g/mol. The van der Waals surface area contributed by atoms with Crippen molar-refractivity contribution in [2.75, 3.05) is 13.2 Å². The second-order valence-electron chi connectivity index (χ2n) is 3.83. The van der Waals surface area contributed by atoms with Crippen LogP contribution in [-0.2, 0) is 14.3 Å². The molecule has 0 aromatic heterocycles. The summed E-state index contributed by atoms with van der Waals surface area (Å²) in [4.78, 5) is 11.7. The zero-order valence-electron chi connectivity index (χ0n) is 9.49. The number of rotatable bonds is 4. The summed E-state index contributed by atoms with van der Waals surface area (Å²) in [5.74, 6) is -0.539. The van der Waals surface area contributed by atoms with E-state index in [-0.39, 0.29) is 0 Å². The van der Waals surface area contributed by atoms with E-state index in [4.69, 9.17) is 9.47 Å². The molecule has 88 valence electrons. The molecule has 1 rings (SSSR count). The molecular formula is C11H20O4. The Bertz CT molecular complexity index is 215. The second kappa shape index (κ2) is 5.47. The van der Waals surface area contributed by atoms with Gasteiger partial charge in [0, 0.05) is 6.61 Å². The summed E-state index contributed by atoms with van der Waals surface area (Å²) in [6.07, 6.45) is 2.60. The van der Waals surface area contributed by atoms with Gasteiger partial charge in [-0.05, 0) is 33.1 Å². The highest BCUT2D eigenvalue weighted by atomic mass is 16.6. The van der Waals surface area contributed by atoms with Gasteiger partial charge in [-0.15, -0.1) is 0 Å². The fourth-order valence-corrected chi connectivity index (χ4v) is 2.04. The lowest BCUT2D eigenvalue weighted by molar-refractivity contribution is -0.189. The maximum atomic E-state index is 11.7. The number of carbonyl (C=O) groups excluding carboxylic acids is 1. The minimum absolute atomic E-state index is 0.292. The van der Waals surface area contributed by atoms with Gasteiger partial charge in [-0.2, -0.15) is 0 Å². The number of esters is 1. The van der Waals surface area contributed by atoms with Gasteiger partial charge in [0.1, 0.15) is 0 Å². The first-order valence-electron chi connectivity index (χ1n) is 5.66. The molecular weight excluding hydrogens is 196 g/mol. The van der Waals surface area contributed by atoms with Crippen molar-refractivity contribution in [2.45, 2.75) is 51.2 Å². The molecule has 0 amide bonds. The Morgan fingerprint density at radius 1 is 1.40 bits per heavy atom. The number of ether oxygens (including phenoxy) is 2. The number of carbonyl (C=O) groups is 1. The van der Waals surface area contributed by atoms with E-state index in [1.54, 1.807) is 6.92 Å². The molecule has 0 aromatic rings. The van der Waals surface area contributed by atoms with Crippen molar-refractivity contribution < 1.29 is 19.4 Å². The van der Waals surface area contributed by atoms with E-state index in [0.717, 1.165) is 19.3 Å². The van der Waals surface area contributed by atoms with Gasteiger partial charge < -0.3 is 14.6 Å². The highest BCUT2D eigenvalue weighted by molar-refractivity contribution is 5.80. The lowest BCUT2D eigenvalue weighted by Gasteiger charge is -2.37. The van der Waals surface area contributed by atoms with Crippen LogP contribution in [0.1, 0.15) is 39.5 Å². The summed E-state index contributed by atoms with van der Waals surface area (Å²) in [7, 11) is 0. The first kappa shape index (κ1) is 12.5.